The van der Waals surface area contributed by atoms with Gasteiger partial charge in [0.2, 0.25) is 0 Å². The lowest BCUT2D eigenvalue weighted by molar-refractivity contribution is -0.186. The van der Waals surface area contributed by atoms with Crippen molar-refractivity contribution >= 4 is 17.6 Å². The monoisotopic (exact) mass is 468 g/mol. The molecule has 0 radical (unpaired) electrons. The molecule has 1 N–H and O–H groups in total. The second kappa shape index (κ2) is 10.7. The van der Waals surface area contributed by atoms with Crippen molar-refractivity contribution in [3.8, 4) is 0 Å². The van der Waals surface area contributed by atoms with Crippen molar-refractivity contribution in [1.82, 2.24) is 10.2 Å². The van der Waals surface area contributed by atoms with E-state index >= 15 is 0 Å². The van der Waals surface area contributed by atoms with Gasteiger partial charge in [-0.05, 0) is 49.3 Å². The van der Waals surface area contributed by atoms with E-state index in [2.05, 4.69) is 5.32 Å². The SMILES string of the molecule is CC(C)C(=O)[C@H](NC(=O)c1cccc(C2CCCN(C(=O)C(F)(F)F)C2)c1)C1CCCCC1.[HH]. The molecule has 1 saturated carbocycles. The van der Waals surface area contributed by atoms with E-state index in [0.29, 0.717) is 18.4 Å². The van der Waals surface area contributed by atoms with Gasteiger partial charge >= 0.3 is 12.1 Å². The maximum absolute atomic E-state index is 13.1. The first-order chi connectivity index (χ1) is 15.6. The van der Waals surface area contributed by atoms with Crippen molar-refractivity contribution in [3.05, 3.63) is 35.4 Å². The van der Waals surface area contributed by atoms with E-state index in [4.69, 9.17) is 0 Å². The Balaban J connectivity index is 0.00000408. The minimum Gasteiger partial charge on any atom is -0.342 e. The van der Waals surface area contributed by atoms with Crippen LogP contribution in [0, 0.1) is 11.8 Å². The number of rotatable bonds is 6. The van der Waals surface area contributed by atoms with Gasteiger partial charge in [0.15, 0.2) is 5.78 Å². The zero-order valence-electron chi connectivity index (χ0n) is 19.3. The predicted octanol–water partition coefficient (Wildman–Crippen LogP) is 5.10. The number of amides is 2. The largest absolute Gasteiger partial charge is 0.471 e. The molecule has 2 atom stereocenters. The van der Waals surface area contributed by atoms with Crippen molar-refractivity contribution < 1.29 is 29.0 Å². The molecule has 5 nitrogen and oxygen atoms in total. The average molecular weight is 469 g/mol. The quantitative estimate of drug-likeness (QED) is 0.631. The number of halogens is 3. The lowest BCUT2D eigenvalue weighted by Gasteiger charge is -2.33. The van der Waals surface area contributed by atoms with E-state index in [0.717, 1.165) is 42.6 Å². The number of likely N-dealkylation sites (tertiary alicyclic amines) is 1. The predicted molar refractivity (Wildman–Crippen MR) is 121 cm³/mol. The summed E-state index contributed by atoms with van der Waals surface area (Å²) in [6.45, 7) is 3.72. The van der Waals surface area contributed by atoms with Gasteiger partial charge < -0.3 is 10.2 Å². The van der Waals surface area contributed by atoms with Crippen molar-refractivity contribution in [3.63, 3.8) is 0 Å². The Morgan fingerprint density at radius 3 is 2.39 bits per heavy atom. The maximum Gasteiger partial charge on any atom is 0.471 e. The van der Waals surface area contributed by atoms with Crippen molar-refractivity contribution in [2.24, 2.45) is 11.8 Å². The Labute approximate surface area is 194 Å². The van der Waals surface area contributed by atoms with E-state index in [1.165, 1.54) is 0 Å². The molecule has 2 aliphatic rings. The lowest BCUT2D eigenvalue weighted by atomic mass is 9.80. The number of nitrogens with one attached hydrogen (secondary N) is 1. The number of carbonyl (C=O) groups excluding carboxylic acids is 3. The molecule has 1 heterocycles. The summed E-state index contributed by atoms with van der Waals surface area (Å²) in [5.74, 6) is -2.47. The fourth-order valence-electron chi connectivity index (χ4n) is 5.02. The first-order valence-corrected chi connectivity index (χ1v) is 11.9. The molecule has 1 aromatic carbocycles. The molecular formula is C25H35F3N2O3. The third-order valence-electron chi connectivity index (χ3n) is 6.85. The van der Waals surface area contributed by atoms with Gasteiger partial charge in [0.25, 0.3) is 5.91 Å². The number of benzene rings is 1. The van der Waals surface area contributed by atoms with Gasteiger partial charge in [0.05, 0.1) is 6.04 Å². The average Bonchev–Trinajstić information content (AvgIpc) is 2.81. The molecule has 33 heavy (non-hydrogen) atoms. The van der Waals surface area contributed by atoms with Gasteiger partial charge in [0.1, 0.15) is 0 Å². The van der Waals surface area contributed by atoms with Crippen LogP contribution in [0.1, 0.15) is 82.1 Å². The first kappa shape index (κ1) is 25.2. The van der Waals surface area contributed by atoms with Crippen LogP contribution in [-0.4, -0.2) is 47.8 Å². The summed E-state index contributed by atoms with van der Waals surface area (Å²) in [6.07, 6.45) is 1.28. The van der Waals surface area contributed by atoms with E-state index in [1.54, 1.807) is 24.3 Å². The van der Waals surface area contributed by atoms with Crippen LogP contribution >= 0.6 is 0 Å². The molecule has 3 rings (SSSR count). The number of carbonyl (C=O) groups is 3. The summed E-state index contributed by atoms with van der Waals surface area (Å²) < 4.78 is 38.6. The van der Waals surface area contributed by atoms with Gasteiger partial charge in [0, 0.05) is 31.9 Å². The van der Waals surface area contributed by atoms with Crippen LogP contribution in [-0.2, 0) is 9.59 Å². The standard InChI is InChI=1S/C25H33F3N2O3.H2/c1-16(2)22(31)21(17-8-4-3-5-9-17)29-23(32)19-11-6-10-18(14-19)20-12-7-13-30(15-20)24(33)25(26,27)28;/h6,10-11,14,16-17,20-21H,3-5,7-9,12-13,15H2,1-2H3,(H,29,32);1H/t20?,21-;/m1./s1. The van der Waals surface area contributed by atoms with Crippen molar-refractivity contribution in [1.29, 1.82) is 0 Å². The number of ketones is 1. The number of piperidine rings is 1. The topological polar surface area (TPSA) is 66.5 Å². The Hall–Kier alpha value is -2.38. The minimum atomic E-state index is -4.89. The first-order valence-electron chi connectivity index (χ1n) is 11.9. The van der Waals surface area contributed by atoms with Crippen LogP contribution < -0.4 is 5.32 Å². The Morgan fingerprint density at radius 1 is 1.06 bits per heavy atom. The third-order valence-corrected chi connectivity index (χ3v) is 6.85. The van der Waals surface area contributed by atoms with Crippen LogP contribution in [0.4, 0.5) is 13.2 Å². The summed E-state index contributed by atoms with van der Waals surface area (Å²) in [5, 5.41) is 2.96. The molecule has 8 heteroatoms. The molecule has 184 valence electrons. The number of alkyl halides is 3. The van der Waals surface area contributed by atoms with Gasteiger partial charge in [-0.1, -0.05) is 45.2 Å². The van der Waals surface area contributed by atoms with E-state index in [9.17, 15) is 27.6 Å². The third kappa shape index (κ3) is 6.36. The highest BCUT2D eigenvalue weighted by Crippen LogP contribution is 2.31. The highest BCUT2D eigenvalue weighted by molar-refractivity contribution is 5.98. The van der Waals surface area contributed by atoms with E-state index in [1.807, 2.05) is 13.8 Å². The summed E-state index contributed by atoms with van der Waals surface area (Å²) in [7, 11) is 0. The zero-order valence-corrected chi connectivity index (χ0v) is 19.3. The Morgan fingerprint density at radius 2 is 1.76 bits per heavy atom. The second-order valence-corrected chi connectivity index (χ2v) is 9.62. The van der Waals surface area contributed by atoms with Crippen LogP contribution in [0.3, 0.4) is 0 Å². The maximum atomic E-state index is 13.1. The molecule has 0 aromatic heterocycles. The molecule has 0 spiro atoms. The normalized spacial score (nSPS) is 21.0. The molecular weight excluding hydrogens is 433 g/mol. The summed E-state index contributed by atoms with van der Waals surface area (Å²) >= 11 is 0. The number of hydrogen-bond donors (Lipinski definition) is 1. The van der Waals surface area contributed by atoms with Gasteiger partial charge in [-0.3, -0.25) is 14.4 Å². The highest BCUT2D eigenvalue weighted by atomic mass is 19.4. The fourth-order valence-corrected chi connectivity index (χ4v) is 5.02. The van der Waals surface area contributed by atoms with Crippen LogP contribution in [0.5, 0.6) is 0 Å². The van der Waals surface area contributed by atoms with E-state index < -0.39 is 18.1 Å². The summed E-state index contributed by atoms with van der Waals surface area (Å²) in [5.41, 5.74) is 1.11. The fraction of sp³-hybridized carbons (Fsp3) is 0.640. The number of hydrogen-bond acceptors (Lipinski definition) is 3. The van der Waals surface area contributed by atoms with Gasteiger partial charge in [-0.25, -0.2) is 0 Å². The molecule has 1 aromatic rings. The highest BCUT2D eigenvalue weighted by Gasteiger charge is 2.43. The Bertz CT molecular complexity index is 869. The van der Waals surface area contributed by atoms with Gasteiger partial charge in [-0.2, -0.15) is 13.2 Å². The van der Waals surface area contributed by atoms with Crippen molar-refractivity contribution in [2.75, 3.05) is 13.1 Å². The molecule has 1 aliphatic carbocycles. The summed E-state index contributed by atoms with van der Waals surface area (Å²) in [4.78, 5) is 38.5. The molecule has 2 fully saturated rings. The van der Waals surface area contributed by atoms with Crippen molar-refractivity contribution in [2.45, 2.75) is 76.9 Å². The minimum absolute atomic E-state index is 0. The Kier molecular flexibility index (Phi) is 8.19. The van der Waals surface area contributed by atoms with Crippen LogP contribution in [0.2, 0.25) is 0 Å². The lowest BCUT2D eigenvalue weighted by Crippen LogP contribution is -2.48. The molecule has 1 aliphatic heterocycles. The van der Waals surface area contributed by atoms with Crippen LogP contribution in [0.15, 0.2) is 24.3 Å². The zero-order chi connectivity index (χ0) is 24.2. The molecule has 1 saturated heterocycles. The molecule has 0 bridgehead atoms. The second-order valence-electron chi connectivity index (χ2n) is 9.62. The smallest absolute Gasteiger partial charge is 0.342 e. The van der Waals surface area contributed by atoms with Gasteiger partial charge in [-0.15, -0.1) is 0 Å². The van der Waals surface area contributed by atoms with Crippen LogP contribution in [0.25, 0.3) is 0 Å². The molecule has 2 amide bonds. The number of nitrogens with zero attached hydrogens (tertiary/aromatic N) is 1. The molecule has 1 unspecified atom stereocenters. The summed E-state index contributed by atoms with van der Waals surface area (Å²) in [6, 6.07) is 6.28. The number of Topliss-reactive ketones (excluding diaryl/α,β-unsaturated/α-hetero) is 1. The van der Waals surface area contributed by atoms with E-state index in [-0.39, 0.29) is 44.0 Å².